The molecule has 2 aromatic rings. The molecule has 1 heterocycles. The minimum atomic E-state index is -3.43. The van der Waals surface area contributed by atoms with Gasteiger partial charge >= 0.3 is 0 Å². The van der Waals surface area contributed by atoms with E-state index in [1.165, 1.54) is 0 Å². The van der Waals surface area contributed by atoms with Gasteiger partial charge in [0.15, 0.2) is 0 Å². The summed E-state index contributed by atoms with van der Waals surface area (Å²) in [5, 5.41) is 1.07. The summed E-state index contributed by atoms with van der Waals surface area (Å²) in [6.07, 6.45) is 1.03. The first kappa shape index (κ1) is 12.0. The molecule has 1 aromatic carbocycles. The van der Waals surface area contributed by atoms with Crippen LogP contribution in [0.4, 0.5) is 0 Å². The minimum absolute atomic E-state index is 0.0233. The molecule has 5 heteroatoms. The lowest BCUT2D eigenvalue weighted by atomic mass is 10.1. The van der Waals surface area contributed by atoms with Gasteiger partial charge in [-0.3, -0.25) is 9.17 Å². The van der Waals surface area contributed by atoms with Crippen LogP contribution in [0.25, 0.3) is 10.9 Å². The van der Waals surface area contributed by atoms with Crippen LogP contribution in [-0.2, 0) is 20.9 Å². The molecule has 4 nitrogen and oxygen atoms in total. The van der Waals surface area contributed by atoms with Crippen molar-refractivity contribution in [3.8, 4) is 0 Å². The van der Waals surface area contributed by atoms with Gasteiger partial charge < -0.3 is 0 Å². The van der Waals surface area contributed by atoms with Crippen molar-refractivity contribution in [2.45, 2.75) is 13.5 Å². The average Bonchev–Trinajstić information content (AvgIpc) is 2.26. The molecule has 0 saturated carbocycles. The van der Waals surface area contributed by atoms with E-state index in [-0.39, 0.29) is 6.61 Å². The number of para-hydroxylation sites is 1. The molecule has 1 aromatic heterocycles. The van der Waals surface area contributed by atoms with E-state index in [1.54, 1.807) is 0 Å². The standard InChI is InChI=1S/C12H13NO3S/c1-9-7-10(8-16-17(2,14)15)13-12-6-4-3-5-11(9)12/h3-7H,8H2,1-2H3. The Hall–Kier alpha value is -1.46. The van der Waals surface area contributed by atoms with Crippen molar-refractivity contribution < 1.29 is 12.6 Å². The molecular formula is C12H13NO3S. The molecule has 0 unspecified atom stereocenters. The van der Waals surface area contributed by atoms with Crippen molar-refractivity contribution in [3.05, 3.63) is 41.6 Å². The van der Waals surface area contributed by atoms with E-state index in [9.17, 15) is 8.42 Å². The van der Waals surface area contributed by atoms with Crippen LogP contribution in [0.15, 0.2) is 30.3 Å². The van der Waals surface area contributed by atoms with Crippen molar-refractivity contribution in [1.29, 1.82) is 0 Å². The topological polar surface area (TPSA) is 56.3 Å². The lowest BCUT2D eigenvalue weighted by Gasteiger charge is -2.06. The third-order valence-electron chi connectivity index (χ3n) is 2.40. The normalized spacial score (nSPS) is 11.9. The first-order valence-electron chi connectivity index (χ1n) is 5.15. The van der Waals surface area contributed by atoms with Crippen molar-refractivity contribution >= 4 is 21.0 Å². The molecule has 2 rings (SSSR count). The molecular weight excluding hydrogens is 238 g/mol. The highest BCUT2D eigenvalue weighted by molar-refractivity contribution is 7.85. The molecule has 0 amide bonds. The maximum Gasteiger partial charge on any atom is 0.264 e. The van der Waals surface area contributed by atoms with Crippen LogP contribution in [0, 0.1) is 6.92 Å². The summed E-state index contributed by atoms with van der Waals surface area (Å²) in [5.74, 6) is 0. The predicted octanol–water partition coefficient (Wildman–Crippen LogP) is 2.02. The second-order valence-electron chi connectivity index (χ2n) is 3.91. The Morgan fingerprint density at radius 3 is 2.71 bits per heavy atom. The average molecular weight is 251 g/mol. The van der Waals surface area contributed by atoms with Gasteiger partial charge in [-0.15, -0.1) is 0 Å². The molecule has 0 atom stereocenters. The Kier molecular flexibility index (Phi) is 3.13. The Labute approximate surface area is 100 Å². The molecule has 0 saturated heterocycles. The van der Waals surface area contributed by atoms with E-state index in [2.05, 4.69) is 4.98 Å². The van der Waals surface area contributed by atoms with Gasteiger partial charge in [0.05, 0.1) is 17.5 Å². The van der Waals surface area contributed by atoms with E-state index >= 15 is 0 Å². The SMILES string of the molecule is Cc1cc(COS(C)(=O)=O)nc2ccccc12. The van der Waals surface area contributed by atoms with E-state index in [4.69, 9.17) is 4.18 Å². The maximum atomic E-state index is 10.9. The summed E-state index contributed by atoms with van der Waals surface area (Å²) < 4.78 is 26.5. The number of aryl methyl sites for hydroxylation is 1. The molecule has 90 valence electrons. The van der Waals surface area contributed by atoms with Crippen molar-refractivity contribution in [2.24, 2.45) is 0 Å². The summed E-state index contributed by atoms with van der Waals surface area (Å²) in [4.78, 5) is 4.35. The number of hydrogen-bond acceptors (Lipinski definition) is 4. The second kappa shape index (κ2) is 4.43. The number of nitrogens with zero attached hydrogens (tertiary/aromatic N) is 1. The van der Waals surface area contributed by atoms with Gasteiger partial charge in [0.1, 0.15) is 6.61 Å². The zero-order valence-corrected chi connectivity index (χ0v) is 10.5. The summed E-state index contributed by atoms with van der Waals surface area (Å²) in [6.45, 7) is 1.94. The number of benzene rings is 1. The molecule has 17 heavy (non-hydrogen) atoms. The van der Waals surface area contributed by atoms with E-state index in [1.807, 2.05) is 37.3 Å². The molecule has 0 aliphatic rings. The maximum absolute atomic E-state index is 10.9. The fourth-order valence-corrected chi connectivity index (χ4v) is 2.00. The molecule has 0 radical (unpaired) electrons. The number of fused-ring (bicyclic) bond motifs is 1. The zero-order chi connectivity index (χ0) is 12.5. The molecule has 0 fully saturated rings. The van der Waals surface area contributed by atoms with Crippen LogP contribution in [0.5, 0.6) is 0 Å². The van der Waals surface area contributed by atoms with Crippen molar-refractivity contribution in [2.75, 3.05) is 6.26 Å². The van der Waals surface area contributed by atoms with Gasteiger partial charge in [-0.2, -0.15) is 8.42 Å². The van der Waals surface area contributed by atoms with Crippen molar-refractivity contribution in [3.63, 3.8) is 0 Å². The number of rotatable bonds is 3. The molecule has 0 bridgehead atoms. The van der Waals surface area contributed by atoms with Crippen LogP contribution in [0.1, 0.15) is 11.3 Å². The smallest absolute Gasteiger partial charge is 0.264 e. The molecule has 0 aliphatic carbocycles. The number of pyridine rings is 1. The van der Waals surface area contributed by atoms with Crippen LogP contribution >= 0.6 is 0 Å². The highest BCUT2D eigenvalue weighted by atomic mass is 32.2. The third-order valence-corrected chi connectivity index (χ3v) is 2.94. The number of hydrogen-bond donors (Lipinski definition) is 0. The summed E-state index contributed by atoms with van der Waals surface area (Å²) in [6, 6.07) is 9.57. The first-order chi connectivity index (χ1) is 7.96. The largest absolute Gasteiger partial charge is 0.264 e. The first-order valence-corrected chi connectivity index (χ1v) is 6.97. The number of aromatic nitrogens is 1. The van der Waals surface area contributed by atoms with E-state index < -0.39 is 10.1 Å². The van der Waals surface area contributed by atoms with Gasteiger partial charge in [0.2, 0.25) is 0 Å². The van der Waals surface area contributed by atoms with Crippen molar-refractivity contribution in [1.82, 2.24) is 4.98 Å². The summed E-state index contributed by atoms with van der Waals surface area (Å²) >= 11 is 0. The Morgan fingerprint density at radius 2 is 2.00 bits per heavy atom. The van der Waals surface area contributed by atoms with E-state index in [0.29, 0.717) is 5.69 Å². The van der Waals surface area contributed by atoms with Crippen LogP contribution in [-0.4, -0.2) is 19.7 Å². The Balaban J connectivity index is 2.37. The summed E-state index contributed by atoms with van der Waals surface area (Å²) in [5.41, 5.74) is 2.52. The van der Waals surface area contributed by atoms with Crippen LogP contribution in [0.2, 0.25) is 0 Å². The van der Waals surface area contributed by atoms with Gasteiger partial charge in [0, 0.05) is 5.39 Å². The zero-order valence-electron chi connectivity index (χ0n) is 9.67. The second-order valence-corrected chi connectivity index (χ2v) is 5.56. The summed E-state index contributed by atoms with van der Waals surface area (Å²) in [7, 11) is -3.43. The van der Waals surface area contributed by atoms with Gasteiger partial charge in [-0.25, -0.2) is 0 Å². The third kappa shape index (κ3) is 3.01. The quantitative estimate of drug-likeness (QED) is 0.783. The van der Waals surface area contributed by atoms with E-state index in [0.717, 1.165) is 22.7 Å². The highest BCUT2D eigenvalue weighted by Crippen LogP contribution is 2.17. The lowest BCUT2D eigenvalue weighted by molar-refractivity contribution is 0.307. The van der Waals surface area contributed by atoms with Gasteiger partial charge in [0.25, 0.3) is 10.1 Å². The fourth-order valence-electron chi connectivity index (χ4n) is 1.66. The minimum Gasteiger partial charge on any atom is -0.264 e. The predicted molar refractivity (Wildman–Crippen MR) is 66.1 cm³/mol. The van der Waals surface area contributed by atoms with Crippen LogP contribution in [0.3, 0.4) is 0 Å². The lowest BCUT2D eigenvalue weighted by Crippen LogP contribution is -2.04. The van der Waals surface area contributed by atoms with Gasteiger partial charge in [-0.1, -0.05) is 18.2 Å². The highest BCUT2D eigenvalue weighted by Gasteiger charge is 2.06. The molecule has 0 aliphatic heterocycles. The van der Waals surface area contributed by atoms with Gasteiger partial charge in [-0.05, 0) is 24.6 Å². The monoisotopic (exact) mass is 251 g/mol. The molecule has 0 N–H and O–H groups in total. The molecule has 0 spiro atoms. The van der Waals surface area contributed by atoms with Crippen LogP contribution < -0.4 is 0 Å². The fraction of sp³-hybridized carbons (Fsp3) is 0.250. The Morgan fingerprint density at radius 1 is 1.29 bits per heavy atom. The Bertz CT molecular complexity index is 650.